The summed E-state index contributed by atoms with van der Waals surface area (Å²) in [5.41, 5.74) is 1.78. The molecule has 0 fully saturated rings. The lowest BCUT2D eigenvalue weighted by Gasteiger charge is -2.19. The molecule has 160 valence electrons. The fourth-order valence-corrected chi connectivity index (χ4v) is 6.01. The van der Waals surface area contributed by atoms with E-state index in [4.69, 9.17) is 21.3 Å². The summed E-state index contributed by atoms with van der Waals surface area (Å²) in [5.74, 6) is 0.566. The number of hydrogen-bond acceptors (Lipinski definition) is 5. The Morgan fingerprint density at radius 2 is 1.72 bits per heavy atom. The normalized spacial score (nSPS) is 11.2. The SMILES string of the molecule is CCOc1cccc2sc(N(Cc3ccccc3)C(=O)c3sc4ccccc4c3Cl)nc12. The zero-order valence-electron chi connectivity index (χ0n) is 17.2. The van der Waals surface area contributed by atoms with Gasteiger partial charge in [-0.3, -0.25) is 9.69 Å². The Balaban J connectivity index is 1.62. The number of carbonyl (C=O) groups excluding carboxylic acids is 1. The van der Waals surface area contributed by atoms with E-state index in [-0.39, 0.29) is 5.91 Å². The van der Waals surface area contributed by atoms with Gasteiger partial charge < -0.3 is 4.74 Å². The van der Waals surface area contributed by atoms with E-state index in [9.17, 15) is 4.79 Å². The van der Waals surface area contributed by atoms with Crippen LogP contribution in [0.5, 0.6) is 5.75 Å². The van der Waals surface area contributed by atoms with Gasteiger partial charge in [-0.25, -0.2) is 4.98 Å². The molecule has 0 atom stereocenters. The Morgan fingerprint density at radius 3 is 2.50 bits per heavy atom. The van der Waals surface area contributed by atoms with E-state index in [1.807, 2.05) is 79.7 Å². The van der Waals surface area contributed by atoms with Gasteiger partial charge in [0.05, 0.1) is 22.9 Å². The highest BCUT2D eigenvalue weighted by Gasteiger charge is 2.27. The van der Waals surface area contributed by atoms with Crippen LogP contribution in [0, 0.1) is 0 Å². The standard InChI is InChI=1S/C25H19ClN2O2S2/c1-2-30-18-12-8-14-20-22(18)27-25(32-20)28(15-16-9-4-3-5-10-16)24(29)23-21(26)17-11-6-7-13-19(17)31-23/h3-14H,2,15H2,1H3. The molecule has 0 saturated carbocycles. The fraction of sp³-hybridized carbons (Fsp3) is 0.120. The highest BCUT2D eigenvalue weighted by molar-refractivity contribution is 7.23. The number of ether oxygens (including phenoxy) is 1. The molecule has 0 spiro atoms. The predicted molar refractivity (Wildman–Crippen MR) is 135 cm³/mol. The molecule has 4 nitrogen and oxygen atoms in total. The van der Waals surface area contributed by atoms with Crippen LogP contribution in [0.2, 0.25) is 5.02 Å². The molecule has 0 bridgehead atoms. The number of hydrogen-bond donors (Lipinski definition) is 0. The summed E-state index contributed by atoms with van der Waals surface area (Å²) >= 11 is 9.55. The van der Waals surface area contributed by atoms with Crippen LogP contribution in [0.1, 0.15) is 22.2 Å². The van der Waals surface area contributed by atoms with Crippen LogP contribution < -0.4 is 9.64 Å². The fourth-order valence-electron chi connectivity index (χ4n) is 3.57. The van der Waals surface area contributed by atoms with E-state index in [1.165, 1.54) is 22.7 Å². The quantitative estimate of drug-likeness (QED) is 0.255. The highest BCUT2D eigenvalue weighted by Crippen LogP contribution is 2.39. The number of thiophene rings is 1. The molecule has 0 N–H and O–H groups in total. The number of aromatic nitrogens is 1. The first kappa shape index (κ1) is 20.9. The Kier molecular flexibility index (Phi) is 5.83. The third-order valence-electron chi connectivity index (χ3n) is 5.06. The largest absolute Gasteiger partial charge is 0.492 e. The van der Waals surface area contributed by atoms with Crippen LogP contribution in [0.15, 0.2) is 72.8 Å². The van der Waals surface area contributed by atoms with Gasteiger partial charge in [0, 0.05) is 10.1 Å². The molecule has 5 rings (SSSR count). The van der Waals surface area contributed by atoms with Crippen molar-refractivity contribution < 1.29 is 9.53 Å². The molecular formula is C25H19ClN2O2S2. The molecule has 2 aromatic heterocycles. The Bertz CT molecular complexity index is 1410. The number of thiazole rings is 1. The molecule has 3 aromatic carbocycles. The molecule has 1 amide bonds. The van der Waals surface area contributed by atoms with Gasteiger partial charge in [0.25, 0.3) is 5.91 Å². The van der Waals surface area contributed by atoms with Gasteiger partial charge in [-0.05, 0) is 30.7 Å². The van der Waals surface area contributed by atoms with Gasteiger partial charge in [0.2, 0.25) is 0 Å². The number of para-hydroxylation sites is 1. The lowest BCUT2D eigenvalue weighted by molar-refractivity contribution is 0.0989. The van der Waals surface area contributed by atoms with E-state index < -0.39 is 0 Å². The molecular weight excluding hydrogens is 460 g/mol. The zero-order chi connectivity index (χ0) is 22.1. The van der Waals surface area contributed by atoms with Gasteiger partial charge in [-0.1, -0.05) is 77.5 Å². The second kappa shape index (κ2) is 8.90. The molecule has 0 aliphatic carbocycles. The van der Waals surface area contributed by atoms with Crippen LogP contribution in [0.25, 0.3) is 20.3 Å². The van der Waals surface area contributed by atoms with Crippen molar-refractivity contribution in [2.75, 3.05) is 11.5 Å². The Hall–Kier alpha value is -2.93. The summed E-state index contributed by atoms with van der Waals surface area (Å²) in [7, 11) is 0. The molecule has 0 aliphatic heterocycles. The first-order chi connectivity index (χ1) is 15.7. The van der Waals surface area contributed by atoms with Crippen molar-refractivity contribution in [2.45, 2.75) is 13.5 Å². The van der Waals surface area contributed by atoms with Gasteiger partial charge in [0.15, 0.2) is 5.13 Å². The van der Waals surface area contributed by atoms with Gasteiger partial charge >= 0.3 is 0 Å². The first-order valence-corrected chi connectivity index (χ1v) is 12.2. The van der Waals surface area contributed by atoms with Gasteiger partial charge in [-0.15, -0.1) is 11.3 Å². The third kappa shape index (κ3) is 3.86. The average Bonchev–Trinajstić information content (AvgIpc) is 3.40. The number of rotatable bonds is 6. The minimum atomic E-state index is -0.155. The first-order valence-electron chi connectivity index (χ1n) is 10.2. The average molecular weight is 479 g/mol. The van der Waals surface area contributed by atoms with Crippen molar-refractivity contribution >= 4 is 65.6 Å². The van der Waals surface area contributed by atoms with Crippen molar-refractivity contribution in [1.82, 2.24) is 4.98 Å². The zero-order valence-corrected chi connectivity index (χ0v) is 19.6. The minimum absolute atomic E-state index is 0.155. The summed E-state index contributed by atoms with van der Waals surface area (Å²) in [6.45, 7) is 2.89. The molecule has 0 aliphatic rings. The summed E-state index contributed by atoms with van der Waals surface area (Å²) < 4.78 is 7.72. The summed E-state index contributed by atoms with van der Waals surface area (Å²) in [6, 6.07) is 23.6. The van der Waals surface area contributed by atoms with Crippen molar-refractivity contribution in [1.29, 1.82) is 0 Å². The van der Waals surface area contributed by atoms with Crippen LogP contribution in [-0.4, -0.2) is 17.5 Å². The molecule has 0 radical (unpaired) electrons. The highest BCUT2D eigenvalue weighted by atomic mass is 35.5. The summed E-state index contributed by atoms with van der Waals surface area (Å²) in [6.07, 6.45) is 0. The van der Waals surface area contributed by atoms with E-state index in [1.54, 1.807) is 4.90 Å². The van der Waals surface area contributed by atoms with Crippen LogP contribution >= 0.6 is 34.3 Å². The number of halogens is 1. The van der Waals surface area contributed by atoms with Crippen molar-refractivity contribution in [3.05, 3.63) is 88.3 Å². The van der Waals surface area contributed by atoms with Crippen molar-refractivity contribution in [2.24, 2.45) is 0 Å². The minimum Gasteiger partial charge on any atom is -0.492 e. The van der Waals surface area contributed by atoms with Crippen LogP contribution in [0.3, 0.4) is 0 Å². The summed E-state index contributed by atoms with van der Waals surface area (Å²) in [5, 5.41) is 2.00. The number of nitrogens with zero attached hydrogens (tertiary/aromatic N) is 2. The van der Waals surface area contributed by atoms with E-state index >= 15 is 0 Å². The lowest BCUT2D eigenvalue weighted by Crippen LogP contribution is -2.29. The maximum absolute atomic E-state index is 13.8. The van der Waals surface area contributed by atoms with Crippen molar-refractivity contribution in [3.8, 4) is 5.75 Å². The number of benzene rings is 3. The Labute approximate surface area is 198 Å². The van der Waals surface area contributed by atoms with E-state index in [0.717, 1.165) is 31.6 Å². The molecule has 7 heteroatoms. The predicted octanol–water partition coefficient (Wildman–Crippen LogP) is 7.41. The van der Waals surface area contributed by atoms with Crippen molar-refractivity contribution in [3.63, 3.8) is 0 Å². The van der Waals surface area contributed by atoms with Crippen LogP contribution in [-0.2, 0) is 6.54 Å². The number of anilines is 1. The molecule has 5 aromatic rings. The number of fused-ring (bicyclic) bond motifs is 2. The second-order valence-corrected chi connectivity index (χ2v) is 9.59. The molecule has 2 heterocycles. The smallest absolute Gasteiger partial charge is 0.272 e. The lowest BCUT2D eigenvalue weighted by atomic mass is 10.2. The van der Waals surface area contributed by atoms with E-state index in [2.05, 4.69) is 0 Å². The van der Waals surface area contributed by atoms with E-state index in [0.29, 0.717) is 28.2 Å². The van der Waals surface area contributed by atoms with Gasteiger partial charge in [0.1, 0.15) is 16.1 Å². The maximum atomic E-state index is 13.8. The summed E-state index contributed by atoms with van der Waals surface area (Å²) in [4.78, 5) is 20.9. The number of amides is 1. The molecule has 0 saturated heterocycles. The Morgan fingerprint density at radius 1 is 0.969 bits per heavy atom. The monoisotopic (exact) mass is 478 g/mol. The molecule has 32 heavy (non-hydrogen) atoms. The molecule has 0 unspecified atom stereocenters. The third-order valence-corrected chi connectivity index (χ3v) is 7.77. The topological polar surface area (TPSA) is 42.4 Å². The van der Waals surface area contributed by atoms with Gasteiger partial charge in [-0.2, -0.15) is 0 Å². The number of carbonyl (C=O) groups is 1. The second-order valence-electron chi connectivity index (χ2n) is 7.15. The van der Waals surface area contributed by atoms with Crippen LogP contribution in [0.4, 0.5) is 5.13 Å². The maximum Gasteiger partial charge on any atom is 0.272 e.